The highest BCUT2D eigenvalue weighted by molar-refractivity contribution is 6.21. The lowest BCUT2D eigenvalue weighted by atomic mass is 9.83. The van der Waals surface area contributed by atoms with Crippen LogP contribution in [0.5, 0.6) is 0 Å². The molecule has 1 aromatic carbocycles. The Kier molecular flexibility index (Phi) is 3.34. The second-order valence-electron chi connectivity index (χ2n) is 5.88. The second kappa shape index (κ2) is 5.02. The van der Waals surface area contributed by atoms with Gasteiger partial charge in [-0.3, -0.25) is 14.5 Å². The van der Waals surface area contributed by atoms with Crippen molar-refractivity contribution in [1.82, 2.24) is 4.90 Å². The molecule has 2 aliphatic rings. The molecule has 1 fully saturated rings. The van der Waals surface area contributed by atoms with E-state index in [9.17, 15) is 9.59 Å². The SMILES string of the molecule is Cc1ccc2c(c1)C(=O)N(C1CCCCC1CN)C2=O. The second-order valence-corrected chi connectivity index (χ2v) is 5.88. The molecule has 3 rings (SSSR count). The number of carbonyl (C=O) groups excluding carboxylic acids is 2. The van der Waals surface area contributed by atoms with E-state index in [-0.39, 0.29) is 23.8 Å². The number of rotatable bonds is 2. The van der Waals surface area contributed by atoms with Gasteiger partial charge in [-0.25, -0.2) is 0 Å². The minimum Gasteiger partial charge on any atom is -0.330 e. The van der Waals surface area contributed by atoms with Crippen LogP contribution >= 0.6 is 0 Å². The highest BCUT2D eigenvalue weighted by atomic mass is 16.2. The molecule has 0 spiro atoms. The van der Waals surface area contributed by atoms with E-state index in [0.717, 1.165) is 31.2 Å². The first-order valence-corrected chi connectivity index (χ1v) is 7.32. The Morgan fingerprint density at radius 2 is 1.85 bits per heavy atom. The van der Waals surface area contributed by atoms with E-state index >= 15 is 0 Å². The van der Waals surface area contributed by atoms with Gasteiger partial charge in [0.25, 0.3) is 11.8 Å². The first-order chi connectivity index (χ1) is 9.63. The van der Waals surface area contributed by atoms with Crippen molar-refractivity contribution in [2.24, 2.45) is 11.7 Å². The fourth-order valence-corrected chi connectivity index (χ4v) is 3.48. The summed E-state index contributed by atoms with van der Waals surface area (Å²) in [4.78, 5) is 26.6. The number of nitrogens with two attached hydrogens (primary N) is 1. The van der Waals surface area contributed by atoms with Crippen LogP contribution in [-0.4, -0.2) is 29.3 Å². The number of imide groups is 1. The maximum atomic E-state index is 12.6. The van der Waals surface area contributed by atoms with Gasteiger partial charge in [-0.15, -0.1) is 0 Å². The molecule has 0 aromatic heterocycles. The quantitative estimate of drug-likeness (QED) is 0.839. The molecule has 4 nitrogen and oxygen atoms in total. The number of amides is 2. The number of aryl methyl sites for hydroxylation is 1. The van der Waals surface area contributed by atoms with Gasteiger partial charge >= 0.3 is 0 Å². The van der Waals surface area contributed by atoms with E-state index in [4.69, 9.17) is 5.73 Å². The summed E-state index contributed by atoms with van der Waals surface area (Å²) in [6, 6.07) is 5.44. The van der Waals surface area contributed by atoms with Gasteiger partial charge in [0.05, 0.1) is 11.1 Å². The van der Waals surface area contributed by atoms with E-state index < -0.39 is 0 Å². The smallest absolute Gasteiger partial charge is 0.261 e. The van der Waals surface area contributed by atoms with Gasteiger partial charge in [-0.05, 0) is 44.4 Å². The summed E-state index contributed by atoms with van der Waals surface area (Å²) < 4.78 is 0. The van der Waals surface area contributed by atoms with E-state index in [2.05, 4.69) is 0 Å². The Morgan fingerprint density at radius 1 is 1.15 bits per heavy atom. The Hall–Kier alpha value is -1.68. The lowest BCUT2D eigenvalue weighted by Crippen LogP contribution is -2.47. The number of benzene rings is 1. The fourth-order valence-electron chi connectivity index (χ4n) is 3.48. The van der Waals surface area contributed by atoms with Crippen molar-refractivity contribution in [2.45, 2.75) is 38.6 Å². The molecule has 2 amide bonds. The van der Waals surface area contributed by atoms with Gasteiger partial charge in [-0.1, -0.05) is 24.5 Å². The Labute approximate surface area is 118 Å². The minimum atomic E-state index is -0.143. The minimum absolute atomic E-state index is 0.0264. The predicted octanol–water partition coefficient (Wildman–Crippen LogP) is 2.11. The third-order valence-electron chi connectivity index (χ3n) is 4.58. The average Bonchev–Trinajstić information content (AvgIpc) is 2.70. The molecule has 2 N–H and O–H groups in total. The zero-order chi connectivity index (χ0) is 14.3. The van der Waals surface area contributed by atoms with Crippen LogP contribution < -0.4 is 5.73 Å². The zero-order valence-corrected chi connectivity index (χ0v) is 11.8. The highest BCUT2D eigenvalue weighted by Crippen LogP contribution is 2.34. The van der Waals surface area contributed by atoms with Crippen LogP contribution in [0.25, 0.3) is 0 Å². The van der Waals surface area contributed by atoms with Crippen molar-refractivity contribution in [3.05, 3.63) is 34.9 Å². The molecule has 0 bridgehead atoms. The molecule has 1 aromatic rings. The van der Waals surface area contributed by atoms with Crippen LogP contribution in [-0.2, 0) is 0 Å². The molecule has 1 aliphatic heterocycles. The van der Waals surface area contributed by atoms with Crippen LogP contribution in [0.3, 0.4) is 0 Å². The van der Waals surface area contributed by atoms with Crippen LogP contribution in [0.1, 0.15) is 52.0 Å². The summed E-state index contributed by atoms with van der Waals surface area (Å²) in [5, 5.41) is 0. The number of fused-ring (bicyclic) bond motifs is 1. The molecule has 2 unspecified atom stereocenters. The normalized spacial score (nSPS) is 26.0. The molecule has 20 heavy (non-hydrogen) atoms. The Balaban J connectivity index is 1.96. The third kappa shape index (κ3) is 1.95. The Morgan fingerprint density at radius 3 is 2.60 bits per heavy atom. The van der Waals surface area contributed by atoms with Crippen molar-refractivity contribution >= 4 is 11.8 Å². The highest BCUT2D eigenvalue weighted by Gasteiger charge is 2.42. The van der Waals surface area contributed by atoms with Gasteiger partial charge in [-0.2, -0.15) is 0 Å². The summed E-state index contributed by atoms with van der Waals surface area (Å²) in [6.07, 6.45) is 4.09. The standard InChI is InChI=1S/C16H20N2O2/c1-10-6-7-12-13(8-10)16(20)18(15(12)19)14-5-3-2-4-11(14)9-17/h6-8,11,14H,2-5,9,17H2,1H3. The van der Waals surface area contributed by atoms with Crippen molar-refractivity contribution < 1.29 is 9.59 Å². The molecule has 0 saturated heterocycles. The first-order valence-electron chi connectivity index (χ1n) is 7.32. The summed E-state index contributed by atoms with van der Waals surface area (Å²) in [6.45, 7) is 2.47. The van der Waals surface area contributed by atoms with E-state index in [1.807, 2.05) is 19.1 Å². The number of hydrogen-bond acceptors (Lipinski definition) is 3. The molecular weight excluding hydrogens is 252 g/mol. The maximum Gasteiger partial charge on any atom is 0.261 e. The molecule has 1 aliphatic carbocycles. The summed E-state index contributed by atoms with van der Waals surface area (Å²) in [5.74, 6) is -0.0403. The van der Waals surface area contributed by atoms with Crippen molar-refractivity contribution in [3.8, 4) is 0 Å². The maximum absolute atomic E-state index is 12.6. The van der Waals surface area contributed by atoms with E-state index in [1.165, 1.54) is 4.90 Å². The monoisotopic (exact) mass is 272 g/mol. The molecule has 4 heteroatoms. The van der Waals surface area contributed by atoms with Crippen molar-refractivity contribution in [2.75, 3.05) is 6.54 Å². The van der Waals surface area contributed by atoms with E-state index in [0.29, 0.717) is 17.7 Å². The van der Waals surface area contributed by atoms with Crippen molar-refractivity contribution in [3.63, 3.8) is 0 Å². The molecule has 2 atom stereocenters. The van der Waals surface area contributed by atoms with E-state index in [1.54, 1.807) is 6.07 Å². The van der Waals surface area contributed by atoms with Crippen LogP contribution in [0, 0.1) is 12.8 Å². The van der Waals surface area contributed by atoms with Gasteiger partial charge in [0.2, 0.25) is 0 Å². The van der Waals surface area contributed by atoms with Crippen LogP contribution in [0.15, 0.2) is 18.2 Å². The van der Waals surface area contributed by atoms with Crippen molar-refractivity contribution in [1.29, 1.82) is 0 Å². The predicted molar refractivity (Wildman–Crippen MR) is 76.5 cm³/mol. The number of hydrogen-bond donors (Lipinski definition) is 1. The zero-order valence-electron chi connectivity index (χ0n) is 11.8. The average molecular weight is 272 g/mol. The first kappa shape index (κ1) is 13.3. The molecule has 0 radical (unpaired) electrons. The van der Waals surface area contributed by atoms with Crippen LogP contribution in [0.2, 0.25) is 0 Å². The molecule has 1 heterocycles. The van der Waals surface area contributed by atoms with Gasteiger partial charge in [0.1, 0.15) is 0 Å². The summed E-state index contributed by atoms with van der Waals surface area (Å²) >= 11 is 0. The molecular formula is C16H20N2O2. The summed E-state index contributed by atoms with van der Waals surface area (Å²) in [7, 11) is 0. The lowest BCUT2D eigenvalue weighted by molar-refractivity contribution is 0.0479. The molecule has 1 saturated carbocycles. The van der Waals surface area contributed by atoms with Crippen LogP contribution in [0.4, 0.5) is 0 Å². The largest absolute Gasteiger partial charge is 0.330 e. The number of nitrogens with zero attached hydrogens (tertiary/aromatic N) is 1. The lowest BCUT2D eigenvalue weighted by Gasteiger charge is -2.36. The van der Waals surface area contributed by atoms with Gasteiger partial charge in [0.15, 0.2) is 0 Å². The van der Waals surface area contributed by atoms with Gasteiger partial charge < -0.3 is 5.73 Å². The third-order valence-corrected chi connectivity index (χ3v) is 4.58. The Bertz CT molecular complexity index is 568. The van der Waals surface area contributed by atoms with Gasteiger partial charge in [0, 0.05) is 6.04 Å². The summed E-state index contributed by atoms with van der Waals surface area (Å²) in [5.41, 5.74) is 7.93. The molecule has 106 valence electrons. The fraction of sp³-hybridized carbons (Fsp3) is 0.500. The topological polar surface area (TPSA) is 63.4 Å². The number of carbonyl (C=O) groups is 2.